The summed E-state index contributed by atoms with van der Waals surface area (Å²) in [4.78, 5) is 11.9. The molecule has 1 aromatic rings. The lowest BCUT2D eigenvalue weighted by atomic mass is 10.1. The van der Waals surface area contributed by atoms with Gasteiger partial charge in [-0.05, 0) is 18.2 Å². The van der Waals surface area contributed by atoms with Gasteiger partial charge in [-0.15, -0.1) is 0 Å². The van der Waals surface area contributed by atoms with E-state index in [1.54, 1.807) is 24.3 Å². The largest absolute Gasteiger partial charge is 0.494 e. The van der Waals surface area contributed by atoms with Crippen LogP contribution in [0.15, 0.2) is 36.3 Å². The molecule has 0 saturated heterocycles. The molecular formula is C14H18N2O5S. The van der Waals surface area contributed by atoms with Gasteiger partial charge in [0.05, 0.1) is 5.75 Å². The second-order valence-corrected chi connectivity index (χ2v) is 6.54. The Kier molecular flexibility index (Phi) is 5.40. The van der Waals surface area contributed by atoms with Crippen LogP contribution in [0.4, 0.5) is 0 Å². The molecule has 0 radical (unpaired) electrons. The number of nitrogens with one attached hydrogen (secondary N) is 2. The van der Waals surface area contributed by atoms with E-state index in [9.17, 15) is 13.2 Å². The molecule has 0 atom stereocenters. The van der Waals surface area contributed by atoms with Crippen LogP contribution in [0, 0.1) is 0 Å². The molecule has 8 heteroatoms. The van der Waals surface area contributed by atoms with Gasteiger partial charge in [0.2, 0.25) is 15.8 Å². The van der Waals surface area contributed by atoms with Crippen LogP contribution in [0.25, 0.3) is 0 Å². The third-order valence-corrected chi connectivity index (χ3v) is 4.40. The standard InChI is InChI=1S/C14H18N2O5S/c1-15-22(18,19)10-12-5-3-2-4-11(12)8-16-14(17)13-9-20-6-7-21-13/h2-5,9,15H,6-8,10H2,1H3,(H,16,17). The molecule has 0 aromatic heterocycles. The van der Waals surface area contributed by atoms with E-state index in [4.69, 9.17) is 9.47 Å². The lowest BCUT2D eigenvalue weighted by Crippen LogP contribution is -2.28. The zero-order valence-corrected chi connectivity index (χ0v) is 13.0. The Hall–Kier alpha value is -2.06. The Bertz CT molecular complexity index is 670. The lowest BCUT2D eigenvalue weighted by molar-refractivity contribution is -0.122. The zero-order chi connectivity index (χ0) is 16.0. The number of benzene rings is 1. The Labute approximate surface area is 129 Å². The van der Waals surface area contributed by atoms with Crippen LogP contribution < -0.4 is 10.0 Å². The van der Waals surface area contributed by atoms with Crippen molar-refractivity contribution in [2.45, 2.75) is 12.3 Å². The molecule has 0 bridgehead atoms. The molecule has 2 rings (SSSR count). The average molecular weight is 326 g/mol. The molecule has 0 aliphatic carbocycles. The van der Waals surface area contributed by atoms with Crippen molar-refractivity contribution in [2.75, 3.05) is 20.3 Å². The summed E-state index contributed by atoms with van der Waals surface area (Å²) in [5, 5.41) is 2.69. The van der Waals surface area contributed by atoms with Gasteiger partial charge in [0, 0.05) is 6.54 Å². The molecular weight excluding hydrogens is 308 g/mol. The highest BCUT2D eigenvalue weighted by molar-refractivity contribution is 7.88. The summed E-state index contributed by atoms with van der Waals surface area (Å²) in [6, 6.07) is 7.03. The van der Waals surface area contributed by atoms with Crippen LogP contribution in [-0.2, 0) is 36.6 Å². The first-order valence-corrected chi connectivity index (χ1v) is 8.38. The average Bonchev–Trinajstić information content (AvgIpc) is 2.54. The molecule has 7 nitrogen and oxygen atoms in total. The van der Waals surface area contributed by atoms with Gasteiger partial charge < -0.3 is 14.8 Å². The summed E-state index contributed by atoms with van der Waals surface area (Å²) in [5.74, 6) is -0.421. The van der Waals surface area contributed by atoms with E-state index in [0.29, 0.717) is 18.8 Å². The Morgan fingerprint density at radius 2 is 1.95 bits per heavy atom. The second kappa shape index (κ2) is 7.28. The molecule has 1 aliphatic heterocycles. The topological polar surface area (TPSA) is 93.7 Å². The molecule has 120 valence electrons. The summed E-state index contributed by atoms with van der Waals surface area (Å²) in [6.45, 7) is 0.951. The Balaban J connectivity index is 2.04. The maximum Gasteiger partial charge on any atom is 0.289 e. The van der Waals surface area contributed by atoms with Crippen molar-refractivity contribution < 1.29 is 22.7 Å². The van der Waals surface area contributed by atoms with Gasteiger partial charge in [0.25, 0.3) is 5.91 Å². The number of hydrogen-bond acceptors (Lipinski definition) is 5. The fourth-order valence-electron chi connectivity index (χ4n) is 1.90. The second-order valence-electron chi connectivity index (χ2n) is 4.62. The summed E-state index contributed by atoms with van der Waals surface area (Å²) in [5.41, 5.74) is 1.36. The number of amides is 1. The normalized spacial score (nSPS) is 14.5. The minimum absolute atomic E-state index is 0.117. The van der Waals surface area contributed by atoms with Crippen LogP contribution in [0.3, 0.4) is 0 Å². The predicted molar refractivity (Wildman–Crippen MR) is 80.0 cm³/mol. The molecule has 1 amide bonds. The predicted octanol–water partition coefficient (Wildman–Crippen LogP) is 0.240. The third kappa shape index (κ3) is 4.47. The van der Waals surface area contributed by atoms with Gasteiger partial charge in [0.15, 0.2) is 0 Å². The van der Waals surface area contributed by atoms with Crippen LogP contribution in [0.2, 0.25) is 0 Å². The zero-order valence-electron chi connectivity index (χ0n) is 12.2. The highest BCUT2D eigenvalue weighted by Crippen LogP contribution is 2.12. The summed E-state index contributed by atoms with van der Waals surface area (Å²) in [7, 11) is -2.01. The maximum absolute atomic E-state index is 11.9. The van der Waals surface area contributed by atoms with Crippen molar-refractivity contribution in [3.05, 3.63) is 47.4 Å². The van der Waals surface area contributed by atoms with Crippen molar-refractivity contribution in [3.8, 4) is 0 Å². The quantitative estimate of drug-likeness (QED) is 0.781. The van der Waals surface area contributed by atoms with Crippen molar-refractivity contribution in [1.82, 2.24) is 10.0 Å². The minimum Gasteiger partial charge on any atom is -0.494 e. The lowest BCUT2D eigenvalue weighted by Gasteiger charge is -2.16. The smallest absolute Gasteiger partial charge is 0.289 e. The molecule has 0 unspecified atom stereocenters. The van der Waals surface area contributed by atoms with E-state index < -0.39 is 15.9 Å². The minimum atomic E-state index is -3.37. The number of carbonyl (C=O) groups excluding carboxylic acids is 1. The van der Waals surface area contributed by atoms with E-state index in [-0.39, 0.29) is 18.1 Å². The van der Waals surface area contributed by atoms with Crippen LogP contribution in [-0.4, -0.2) is 34.6 Å². The van der Waals surface area contributed by atoms with E-state index in [0.717, 1.165) is 5.56 Å². The fraction of sp³-hybridized carbons (Fsp3) is 0.357. The number of hydrogen-bond donors (Lipinski definition) is 2. The van der Waals surface area contributed by atoms with Gasteiger partial charge in [-0.1, -0.05) is 24.3 Å². The van der Waals surface area contributed by atoms with Gasteiger partial charge in [-0.2, -0.15) is 0 Å². The maximum atomic E-state index is 11.9. The fourth-order valence-corrected chi connectivity index (χ4v) is 2.73. The van der Waals surface area contributed by atoms with Gasteiger partial charge in [0.1, 0.15) is 19.5 Å². The summed E-state index contributed by atoms with van der Waals surface area (Å²) in [6.07, 6.45) is 1.27. The van der Waals surface area contributed by atoms with Crippen molar-refractivity contribution in [1.29, 1.82) is 0 Å². The molecule has 1 heterocycles. The van der Waals surface area contributed by atoms with E-state index in [2.05, 4.69) is 10.0 Å². The summed E-state index contributed by atoms with van der Waals surface area (Å²) >= 11 is 0. The van der Waals surface area contributed by atoms with Crippen molar-refractivity contribution in [2.24, 2.45) is 0 Å². The van der Waals surface area contributed by atoms with Gasteiger partial charge in [-0.25, -0.2) is 13.1 Å². The molecule has 0 fully saturated rings. The molecule has 22 heavy (non-hydrogen) atoms. The highest BCUT2D eigenvalue weighted by atomic mass is 32.2. The van der Waals surface area contributed by atoms with Gasteiger partial charge in [-0.3, -0.25) is 4.79 Å². The van der Waals surface area contributed by atoms with E-state index in [1.165, 1.54) is 13.3 Å². The third-order valence-electron chi connectivity index (χ3n) is 3.09. The first kappa shape index (κ1) is 16.3. The van der Waals surface area contributed by atoms with Crippen LogP contribution in [0.5, 0.6) is 0 Å². The number of carbonyl (C=O) groups is 1. The molecule has 0 spiro atoms. The number of sulfonamides is 1. The van der Waals surface area contributed by atoms with Crippen molar-refractivity contribution >= 4 is 15.9 Å². The summed E-state index contributed by atoms with van der Waals surface area (Å²) < 4.78 is 35.8. The molecule has 1 aromatic carbocycles. The monoisotopic (exact) mass is 326 g/mol. The number of rotatable bonds is 6. The Morgan fingerprint density at radius 3 is 2.59 bits per heavy atom. The highest BCUT2D eigenvalue weighted by Gasteiger charge is 2.16. The molecule has 2 N–H and O–H groups in total. The molecule has 1 aliphatic rings. The number of ether oxygens (including phenoxy) is 2. The first-order valence-electron chi connectivity index (χ1n) is 6.72. The van der Waals surface area contributed by atoms with Crippen LogP contribution in [0.1, 0.15) is 11.1 Å². The van der Waals surface area contributed by atoms with E-state index >= 15 is 0 Å². The van der Waals surface area contributed by atoms with Crippen molar-refractivity contribution in [3.63, 3.8) is 0 Å². The SMILES string of the molecule is CNS(=O)(=O)Cc1ccccc1CNC(=O)C1=COCCO1. The van der Waals surface area contributed by atoms with Gasteiger partial charge >= 0.3 is 0 Å². The first-order chi connectivity index (χ1) is 10.5. The Morgan fingerprint density at radius 1 is 1.23 bits per heavy atom. The molecule has 0 saturated carbocycles. The van der Waals surface area contributed by atoms with E-state index in [1.807, 2.05) is 0 Å². The van der Waals surface area contributed by atoms with Crippen LogP contribution >= 0.6 is 0 Å².